The monoisotopic (exact) mass is 347 g/mol. The molecule has 7 heteroatoms. The molecule has 0 aliphatic carbocycles. The molecule has 0 saturated carbocycles. The van der Waals surface area contributed by atoms with Crippen LogP contribution >= 0.6 is 23.4 Å². The van der Waals surface area contributed by atoms with E-state index >= 15 is 0 Å². The van der Waals surface area contributed by atoms with E-state index in [2.05, 4.69) is 10.4 Å². The second kappa shape index (κ2) is 7.02. The Morgan fingerprint density at radius 2 is 1.91 bits per heavy atom. The summed E-state index contributed by atoms with van der Waals surface area (Å²) in [5, 5.41) is 1.77. The summed E-state index contributed by atoms with van der Waals surface area (Å²) in [5.74, 6) is 0.279. The van der Waals surface area contributed by atoms with Gasteiger partial charge in [0, 0.05) is 35.2 Å². The highest BCUT2D eigenvalue weighted by atomic mass is 35.5. The molecule has 1 atom stereocenters. The van der Waals surface area contributed by atoms with Crippen LogP contribution in [-0.2, 0) is 4.79 Å². The molecule has 1 aliphatic rings. The van der Waals surface area contributed by atoms with Gasteiger partial charge in [0.25, 0.3) is 5.91 Å². The highest BCUT2D eigenvalue weighted by Crippen LogP contribution is 2.36. The minimum Gasteiger partial charge on any atom is -0.273 e. The van der Waals surface area contributed by atoms with Crippen LogP contribution in [0.15, 0.2) is 48.8 Å². The van der Waals surface area contributed by atoms with Gasteiger partial charge in [-0.05, 0) is 29.8 Å². The normalized spacial score (nSPS) is 17.9. The van der Waals surface area contributed by atoms with Gasteiger partial charge in [-0.1, -0.05) is 23.7 Å². The molecule has 1 saturated heterocycles. The zero-order valence-electron chi connectivity index (χ0n) is 12.1. The van der Waals surface area contributed by atoms with Crippen LogP contribution < -0.4 is 5.43 Å². The van der Waals surface area contributed by atoms with E-state index in [-0.39, 0.29) is 17.2 Å². The standard InChI is InChI=1S/C16H14ClN3O2S/c17-13-3-1-12(2-4-13)16-20(14(21)7-10-23-16)19-15(22)11-5-8-18-9-6-11/h1-6,8-9,16H,7,10H2,(H,19,22). The third kappa shape index (κ3) is 3.65. The van der Waals surface area contributed by atoms with E-state index in [4.69, 9.17) is 11.6 Å². The number of carbonyl (C=O) groups excluding carboxylic acids is 2. The van der Waals surface area contributed by atoms with Crippen LogP contribution in [0.2, 0.25) is 5.02 Å². The third-order valence-electron chi connectivity index (χ3n) is 3.41. The number of carbonyl (C=O) groups is 2. The number of rotatable bonds is 3. The zero-order chi connectivity index (χ0) is 16.2. The van der Waals surface area contributed by atoms with E-state index in [9.17, 15) is 9.59 Å². The Morgan fingerprint density at radius 3 is 2.61 bits per heavy atom. The number of pyridine rings is 1. The third-order valence-corrected chi connectivity index (χ3v) is 4.91. The molecule has 2 heterocycles. The number of nitrogens with zero attached hydrogens (tertiary/aromatic N) is 2. The predicted octanol–water partition coefficient (Wildman–Crippen LogP) is 3.04. The number of halogens is 1. The van der Waals surface area contributed by atoms with Crippen molar-refractivity contribution in [2.24, 2.45) is 0 Å². The number of hydrogen-bond acceptors (Lipinski definition) is 4. The number of hydrogen-bond donors (Lipinski definition) is 1. The molecule has 0 bridgehead atoms. The van der Waals surface area contributed by atoms with Gasteiger partial charge in [-0.2, -0.15) is 0 Å². The molecule has 1 aromatic carbocycles. The molecule has 1 fully saturated rings. The minimum absolute atomic E-state index is 0.105. The maximum atomic E-state index is 12.3. The van der Waals surface area contributed by atoms with Gasteiger partial charge in [-0.3, -0.25) is 20.0 Å². The average Bonchev–Trinajstić information content (AvgIpc) is 2.58. The number of aromatic nitrogens is 1. The lowest BCUT2D eigenvalue weighted by atomic mass is 10.2. The van der Waals surface area contributed by atoms with Gasteiger partial charge in [0.2, 0.25) is 5.91 Å². The summed E-state index contributed by atoms with van der Waals surface area (Å²) in [4.78, 5) is 28.5. The molecule has 118 valence electrons. The Hall–Kier alpha value is -2.05. The Labute approximate surface area is 143 Å². The number of benzene rings is 1. The molecule has 0 radical (unpaired) electrons. The number of nitrogens with one attached hydrogen (secondary N) is 1. The van der Waals surface area contributed by atoms with Crippen molar-refractivity contribution in [2.75, 3.05) is 5.75 Å². The molecular formula is C16H14ClN3O2S. The lowest BCUT2D eigenvalue weighted by Gasteiger charge is -2.35. The topological polar surface area (TPSA) is 62.3 Å². The lowest BCUT2D eigenvalue weighted by Crippen LogP contribution is -2.49. The molecule has 0 spiro atoms. The van der Waals surface area contributed by atoms with Gasteiger partial charge in [0.05, 0.1) is 0 Å². The maximum Gasteiger partial charge on any atom is 0.270 e. The summed E-state index contributed by atoms with van der Waals surface area (Å²) in [5.41, 5.74) is 4.09. The summed E-state index contributed by atoms with van der Waals surface area (Å²) in [6, 6.07) is 10.5. The number of hydrazine groups is 1. The van der Waals surface area contributed by atoms with Crippen LogP contribution in [0.1, 0.15) is 27.7 Å². The summed E-state index contributed by atoms with van der Waals surface area (Å²) < 4.78 is 0. The first-order chi connectivity index (χ1) is 11.1. The maximum absolute atomic E-state index is 12.3. The van der Waals surface area contributed by atoms with Crippen LogP contribution in [-0.4, -0.2) is 27.6 Å². The van der Waals surface area contributed by atoms with Gasteiger partial charge in [0.1, 0.15) is 5.37 Å². The SMILES string of the molecule is O=C(NN1C(=O)CCSC1c1ccc(Cl)cc1)c1ccncc1. The predicted molar refractivity (Wildman–Crippen MR) is 89.8 cm³/mol. The van der Waals surface area contributed by atoms with Crippen LogP contribution in [0.25, 0.3) is 0 Å². The van der Waals surface area contributed by atoms with E-state index in [0.29, 0.717) is 22.8 Å². The smallest absolute Gasteiger partial charge is 0.270 e. The Bertz CT molecular complexity index is 709. The molecule has 1 aromatic heterocycles. The van der Waals surface area contributed by atoms with E-state index in [1.165, 1.54) is 5.01 Å². The molecule has 1 N–H and O–H groups in total. The fourth-order valence-corrected chi connectivity index (χ4v) is 3.57. The fourth-order valence-electron chi connectivity index (χ4n) is 2.25. The van der Waals surface area contributed by atoms with Crippen molar-refractivity contribution in [3.63, 3.8) is 0 Å². The van der Waals surface area contributed by atoms with Crippen LogP contribution in [0.4, 0.5) is 0 Å². The van der Waals surface area contributed by atoms with Gasteiger partial charge in [-0.15, -0.1) is 11.8 Å². The van der Waals surface area contributed by atoms with E-state index in [1.807, 2.05) is 12.1 Å². The summed E-state index contributed by atoms with van der Waals surface area (Å²) in [6.45, 7) is 0. The van der Waals surface area contributed by atoms with Gasteiger partial charge in [0.15, 0.2) is 0 Å². The van der Waals surface area contributed by atoms with Crippen LogP contribution in [0.5, 0.6) is 0 Å². The van der Waals surface area contributed by atoms with E-state index < -0.39 is 0 Å². The van der Waals surface area contributed by atoms with Gasteiger partial charge in [-0.25, -0.2) is 5.01 Å². The van der Waals surface area contributed by atoms with E-state index in [0.717, 1.165) is 5.56 Å². The van der Waals surface area contributed by atoms with Crippen molar-refractivity contribution in [3.8, 4) is 0 Å². The van der Waals surface area contributed by atoms with Crippen LogP contribution in [0, 0.1) is 0 Å². The van der Waals surface area contributed by atoms with Gasteiger partial charge >= 0.3 is 0 Å². The molecule has 3 rings (SSSR count). The second-order valence-electron chi connectivity index (χ2n) is 4.97. The van der Waals surface area contributed by atoms with Crippen molar-refractivity contribution >= 4 is 35.2 Å². The van der Waals surface area contributed by atoms with Crippen molar-refractivity contribution in [1.82, 2.24) is 15.4 Å². The Morgan fingerprint density at radius 1 is 1.22 bits per heavy atom. The van der Waals surface area contributed by atoms with Crippen LogP contribution in [0.3, 0.4) is 0 Å². The Kier molecular flexibility index (Phi) is 4.83. The second-order valence-corrected chi connectivity index (χ2v) is 6.59. The lowest BCUT2D eigenvalue weighted by molar-refractivity contribution is -0.134. The average molecular weight is 348 g/mol. The molecule has 2 amide bonds. The van der Waals surface area contributed by atoms with Gasteiger partial charge < -0.3 is 0 Å². The van der Waals surface area contributed by atoms with E-state index in [1.54, 1.807) is 48.4 Å². The Balaban J connectivity index is 1.82. The summed E-state index contributed by atoms with van der Waals surface area (Å²) >= 11 is 7.52. The molecule has 5 nitrogen and oxygen atoms in total. The summed E-state index contributed by atoms with van der Waals surface area (Å²) in [6.07, 6.45) is 3.47. The molecule has 2 aromatic rings. The highest BCUT2D eigenvalue weighted by molar-refractivity contribution is 7.99. The highest BCUT2D eigenvalue weighted by Gasteiger charge is 2.31. The molecular weight excluding hydrogens is 334 g/mol. The first-order valence-corrected chi connectivity index (χ1v) is 8.48. The van der Waals surface area contributed by atoms with Crippen molar-refractivity contribution in [3.05, 3.63) is 64.9 Å². The van der Waals surface area contributed by atoms with Crippen molar-refractivity contribution in [1.29, 1.82) is 0 Å². The largest absolute Gasteiger partial charge is 0.273 e. The molecule has 1 aliphatic heterocycles. The fraction of sp³-hybridized carbons (Fsp3) is 0.188. The summed E-state index contributed by atoms with van der Waals surface area (Å²) in [7, 11) is 0. The number of thioether (sulfide) groups is 1. The first kappa shape index (κ1) is 15.8. The minimum atomic E-state index is -0.331. The zero-order valence-corrected chi connectivity index (χ0v) is 13.7. The quantitative estimate of drug-likeness (QED) is 0.927. The first-order valence-electron chi connectivity index (χ1n) is 7.05. The number of amides is 2. The van der Waals surface area contributed by atoms with Crippen molar-refractivity contribution in [2.45, 2.75) is 11.8 Å². The van der Waals surface area contributed by atoms with Crippen molar-refractivity contribution < 1.29 is 9.59 Å². The molecule has 23 heavy (non-hydrogen) atoms. The molecule has 1 unspecified atom stereocenters.